The minimum atomic E-state index is -2.06. The molecule has 0 spiro atoms. The van der Waals surface area contributed by atoms with Gasteiger partial charge in [-0.15, -0.1) is 0 Å². The maximum atomic E-state index is 17.3. The summed E-state index contributed by atoms with van der Waals surface area (Å²) >= 11 is 0. The number of alkyl halides is 1. The molecule has 4 fully saturated rings. The monoisotopic (exact) mass is 573 g/mol. The molecule has 8 nitrogen and oxygen atoms in total. The van der Waals surface area contributed by atoms with Gasteiger partial charge in [0.25, 0.3) is 0 Å². The Kier molecular flexibility index (Phi) is 7.42. The topological polar surface area (TPSA) is 130 Å². The third kappa shape index (κ3) is 4.28. The van der Waals surface area contributed by atoms with E-state index in [4.69, 9.17) is 4.74 Å². The predicted octanol–water partition coefficient (Wildman–Crippen LogP) is 3.53. The molecule has 0 aromatic carbocycles. The van der Waals surface area contributed by atoms with Crippen molar-refractivity contribution in [2.75, 3.05) is 13.7 Å². The molecular weight excluding hydrogens is 529 g/mol. The van der Waals surface area contributed by atoms with Crippen LogP contribution in [0.4, 0.5) is 4.39 Å². The van der Waals surface area contributed by atoms with Gasteiger partial charge in [-0.2, -0.15) is 0 Å². The highest BCUT2D eigenvalue weighted by Crippen LogP contribution is 2.70. The van der Waals surface area contributed by atoms with E-state index in [0.29, 0.717) is 24.8 Å². The van der Waals surface area contributed by atoms with Gasteiger partial charge in [-0.3, -0.25) is 19.2 Å². The van der Waals surface area contributed by atoms with Crippen LogP contribution in [-0.2, 0) is 23.9 Å². The molecule has 9 heteroatoms. The molecule has 1 amide bonds. The van der Waals surface area contributed by atoms with Crippen LogP contribution in [0, 0.1) is 34.0 Å². The summed E-state index contributed by atoms with van der Waals surface area (Å²) in [7, 11) is 1.56. The number of hydrogen-bond donors (Lipinski definition) is 3. The van der Waals surface area contributed by atoms with Gasteiger partial charge in [0.05, 0.1) is 12.5 Å². The molecule has 0 aromatic heterocycles. The van der Waals surface area contributed by atoms with Crippen molar-refractivity contribution in [3.8, 4) is 0 Å². The number of halogens is 1. The van der Waals surface area contributed by atoms with Crippen LogP contribution in [0.15, 0.2) is 23.8 Å². The summed E-state index contributed by atoms with van der Waals surface area (Å²) in [5, 5.41) is 26.2. The molecule has 41 heavy (non-hydrogen) atoms. The van der Waals surface area contributed by atoms with E-state index in [9.17, 15) is 29.4 Å². The van der Waals surface area contributed by atoms with E-state index in [2.05, 4.69) is 5.32 Å². The molecule has 4 saturated carbocycles. The van der Waals surface area contributed by atoms with E-state index in [1.54, 1.807) is 33.9 Å². The normalized spacial score (nSPS) is 42.5. The summed E-state index contributed by atoms with van der Waals surface area (Å²) in [6, 6.07) is 0. The van der Waals surface area contributed by atoms with Gasteiger partial charge in [-0.1, -0.05) is 38.3 Å². The second-order valence-electron chi connectivity index (χ2n) is 14.0. The Labute approximate surface area is 241 Å². The number of allylic oxidation sites excluding steroid dienone is 4. The second-order valence-corrected chi connectivity index (χ2v) is 14.0. The van der Waals surface area contributed by atoms with Crippen molar-refractivity contribution in [3.05, 3.63) is 23.8 Å². The third-order valence-electron chi connectivity index (χ3n) is 12.0. The molecule has 226 valence electrons. The lowest BCUT2D eigenvalue weighted by molar-refractivity contribution is -0.220. The summed E-state index contributed by atoms with van der Waals surface area (Å²) in [4.78, 5) is 50.8. The van der Waals surface area contributed by atoms with Crippen LogP contribution < -0.4 is 5.32 Å². The Bertz CT molecular complexity index is 1210. The summed E-state index contributed by atoms with van der Waals surface area (Å²) in [6.07, 6.45) is 7.65. The standard InChI is InChI=1S/C32H44FNO7/c1-19-13-23-22-8-7-20-14-21(35)9-12-28(20,2)31(22,33)24(36)15-29(23,3)32(19,40)25(37)18-41-27(39)17-30(10-5-6-11-30)16-26(38)34-4/h9,12,14,19,22-24,36,40H,5-8,10-11,13,15-18H2,1-4H3,(H,34,38)/t19-,22+,23+,24+,28+,29+,31+,32+/m1/s1. The predicted molar refractivity (Wildman–Crippen MR) is 148 cm³/mol. The Morgan fingerprint density at radius 1 is 1.15 bits per heavy atom. The van der Waals surface area contributed by atoms with Crippen LogP contribution >= 0.6 is 0 Å². The zero-order chi connectivity index (χ0) is 30.0. The van der Waals surface area contributed by atoms with Crippen molar-refractivity contribution in [2.24, 2.45) is 34.0 Å². The third-order valence-corrected chi connectivity index (χ3v) is 12.0. The highest BCUT2D eigenvalue weighted by Gasteiger charge is 2.75. The van der Waals surface area contributed by atoms with Gasteiger partial charge in [0.1, 0.15) is 5.60 Å². The van der Waals surface area contributed by atoms with Gasteiger partial charge in [0, 0.05) is 30.2 Å². The molecule has 0 bridgehead atoms. The number of carbonyl (C=O) groups excluding carboxylic acids is 4. The number of esters is 1. The van der Waals surface area contributed by atoms with Gasteiger partial charge in [-0.25, -0.2) is 4.39 Å². The molecule has 0 saturated heterocycles. The van der Waals surface area contributed by atoms with Gasteiger partial charge < -0.3 is 20.3 Å². The molecule has 5 aliphatic carbocycles. The van der Waals surface area contributed by atoms with Crippen LogP contribution in [0.2, 0.25) is 0 Å². The number of fused-ring (bicyclic) bond motifs is 5. The fourth-order valence-corrected chi connectivity index (χ4v) is 9.72. The number of aliphatic hydroxyl groups is 2. The maximum absolute atomic E-state index is 17.3. The Hall–Kier alpha value is -2.39. The summed E-state index contributed by atoms with van der Waals surface area (Å²) in [5.74, 6) is -3.11. The SMILES string of the molecule is CNC(=O)CC1(CC(=O)OCC(=O)[C@@]2(O)[C@H](C)C[C@H]3[C@@H]4CCC5=CC(=O)C=C[C@]5(C)[C@@]4(F)[C@@H](O)C[C@@]32C)CCCC1. The minimum absolute atomic E-state index is 0.0250. The summed E-state index contributed by atoms with van der Waals surface area (Å²) in [6.45, 7) is 4.64. The number of amides is 1. The molecule has 0 heterocycles. The number of rotatable bonds is 7. The highest BCUT2D eigenvalue weighted by molar-refractivity contribution is 6.01. The molecule has 0 radical (unpaired) electrons. The fourth-order valence-electron chi connectivity index (χ4n) is 9.72. The fraction of sp³-hybridized carbons (Fsp3) is 0.750. The lowest BCUT2D eigenvalue weighted by Gasteiger charge is -2.62. The number of ketones is 2. The summed E-state index contributed by atoms with van der Waals surface area (Å²) < 4.78 is 22.8. The number of carbonyl (C=O) groups is 4. The number of nitrogens with one attached hydrogen (secondary N) is 1. The first kappa shape index (κ1) is 30.1. The van der Waals surface area contributed by atoms with Gasteiger partial charge in [-0.05, 0) is 74.9 Å². The number of Topliss-reactive ketones (excluding diaryl/α,β-unsaturated/α-hetero) is 1. The first-order chi connectivity index (χ1) is 19.2. The first-order valence-corrected chi connectivity index (χ1v) is 15.1. The second kappa shape index (κ2) is 10.1. The lowest BCUT2D eigenvalue weighted by atomic mass is 9.44. The maximum Gasteiger partial charge on any atom is 0.306 e. The van der Waals surface area contributed by atoms with Crippen molar-refractivity contribution in [3.63, 3.8) is 0 Å². The van der Waals surface area contributed by atoms with E-state index in [1.165, 1.54) is 12.2 Å². The van der Waals surface area contributed by atoms with Crippen molar-refractivity contribution in [2.45, 2.75) is 102 Å². The Morgan fingerprint density at radius 2 is 1.83 bits per heavy atom. The van der Waals surface area contributed by atoms with Crippen LogP contribution in [-0.4, -0.2) is 64.7 Å². The van der Waals surface area contributed by atoms with Gasteiger partial charge in [0.2, 0.25) is 11.7 Å². The van der Waals surface area contributed by atoms with Crippen LogP contribution in [0.25, 0.3) is 0 Å². The smallest absolute Gasteiger partial charge is 0.306 e. The number of ether oxygens (including phenoxy) is 1. The molecule has 0 aromatic rings. The largest absolute Gasteiger partial charge is 0.458 e. The van der Waals surface area contributed by atoms with Crippen molar-refractivity contribution < 1.29 is 38.5 Å². The van der Waals surface area contributed by atoms with Crippen molar-refractivity contribution in [1.82, 2.24) is 5.32 Å². The zero-order valence-electron chi connectivity index (χ0n) is 24.6. The van der Waals surface area contributed by atoms with Gasteiger partial charge in [0.15, 0.2) is 18.1 Å². The van der Waals surface area contributed by atoms with Crippen LogP contribution in [0.5, 0.6) is 0 Å². The molecule has 5 rings (SSSR count). The molecule has 8 atom stereocenters. The molecule has 0 unspecified atom stereocenters. The van der Waals surface area contributed by atoms with E-state index in [-0.39, 0.29) is 31.0 Å². The molecular formula is C32H44FNO7. The average molecular weight is 574 g/mol. The van der Waals surface area contributed by atoms with Crippen LogP contribution in [0.3, 0.4) is 0 Å². The quantitative estimate of drug-likeness (QED) is 0.397. The lowest BCUT2D eigenvalue weighted by Crippen LogP contribution is -2.69. The van der Waals surface area contributed by atoms with E-state index < -0.39 is 69.7 Å². The molecule has 0 aliphatic heterocycles. The van der Waals surface area contributed by atoms with E-state index in [0.717, 1.165) is 25.7 Å². The molecule has 3 N–H and O–H groups in total. The van der Waals surface area contributed by atoms with E-state index in [1.807, 2.05) is 0 Å². The minimum Gasteiger partial charge on any atom is -0.458 e. The average Bonchev–Trinajstić information content (AvgIpc) is 3.45. The summed E-state index contributed by atoms with van der Waals surface area (Å²) in [5.41, 5.74) is -6.07. The zero-order valence-corrected chi connectivity index (χ0v) is 24.6. The molecule has 5 aliphatic rings. The first-order valence-electron chi connectivity index (χ1n) is 15.1. The highest BCUT2D eigenvalue weighted by atomic mass is 19.1. The van der Waals surface area contributed by atoms with Crippen molar-refractivity contribution >= 4 is 23.4 Å². The van der Waals surface area contributed by atoms with Gasteiger partial charge >= 0.3 is 5.97 Å². The number of aliphatic hydroxyl groups excluding tert-OH is 1. The van der Waals surface area contributed by atoms with Crippen molar-refractivity contribution in [1.29, 1.82) is 0 Å². The Balaban J connectivity index is 1.34. The Morgan fingerprint density at radius 3 is 2.49 bits per heavy atom. The van der Waals surface area contributed by atoms with E-state index >= 15 is 4.39 Å². The van der Waals surface area contributed by atoms with Crippen LogP contribution in [0.1, 0.15) is 85.0 Å². The number of hydrogen-bond acceptors (Lipinski definition) is 7.